The van der Waals surface area contributed by atoms with E-state index in [1.165, 1.54) is 17.0 Å². The van der Waals surface area contributed by atoms with E-state index in [2.05, 4.69) is 16.0 Å². The van der Waals surface area contributed by atoms with Crippen LogP contribution >= 0.6 is 0 Å². The SMILES string of the molecule is C#Cc1cccc(C=Nn2cc(C)nc2N)c1F. The largest absolute Gasteiger partial charge is 0.368 e. The summed E-state index contributed by atoms with van der Waals surface area (Å²) >= 11 is 0. The molecule has 0 unspecified atom stereocenters. The van der Waals surface area contributed by atoms with Crippen LogP contribution in [-0.4, -0.2) is 15.9 Å². The van der Waals surface area contributed by atoms with Gasteiger partial charge in [-0.25, -0.2) is 14.1 Å². The Morgan fingerprint density at radius 1 is 1.56 bits per heavy atom. The van der Waals surface area contributed by atoms with Gasteiger partial charge in [0.1, 0.15) is 5.82 Å². The van der Waals surface area contributed by atoms with Crippen molar-refractivity contribution >= 4 is 12.2 Å². The minimum absolute atomic E-state index is 0.203. The highest BCUT2D eigenvalue weighted by Crippen LogP contribution is 2.10. The topological polar surface area (TPSA) is 56.2 Å². The Morgan fingerprint density at radius 2 is 2.33 bits per heavy atom. The number of nitrogens with two attached hydrogens (primary N) is 1. The molecule has 4 nitrogen and oxygen atoms in total. The van der Waals surface area contributed by atoms with Crippen LogP contribution in [0.5, 0.6) is 0 Å². The Bertz CT molecular complexity index is 649. The van der Waals surface area contributed by atoms with Crippen LogP contribution in [0.15, 0.2) is 29.5 Å². The van der Waals surface area contributed by atoms with Crippen molar-refractivity contribution in [2.75, 3.05) is 5.73 Å². The molecule has 0 saturated heterocycles. The van der Waals surface area contributed by atoms with E-state index < -0.39 is 5.82 Å². The normalized spacial score (nSPS) is 10.7. The number of hydrogen-bond donors (Lipinski definition) is 1. The van der Waals surface area contributed by atoms with Crippen LogP contribution in [0.4, 0.5) is 10.3 Å². The average molecular weight is 242 g/mol. The van der Waals surface area contributed by atoms with Gasteiger partial charge in [0.05, 0.1) is 23.7 Å². The van der Waals surface area contributed by atoms with E-state index in [1.54, 1.807) is 25.3 Å². The number of hydrogen-bond acceptors (Lipinski definition) is 3. The molecule has 0 spiro atoms. The van der Waals surface area contributed by atoms with Gasteiger partial charge in [-0.3, -0.25) is 0 Å². The van der Waals surface area contributed by atoms with E-state index in [4.69, 9.17) is 12.2 Å². The van der Waals surface area contributed by atoms with Gasteiger partial charge < -0.3 is 5.73 Å². The lowest BCUT2D eigenvalue weighted by Gasteiger charge is -1.99. The fourth-order valence-electron chi connectivity index (χ4n) is 1.48. The smallest absolute Gasteiger partial charge is 0.221 e. The number of halogens is 1. The maximum atomic E-state index is 13.8. The van der Waals surface area contributed by atoms with E-state index >= 15 is 0 Å². The second kappa shape index (κ2) is 4.72. The van der Waals surface area contributed by atoms with Crippen molar-refractivity contribution < 1.29 is 4.39 Å². The molecule has 0 aliphatic carbocycles. The van der Waals surface area contributed by atoms with Gasteiger partial charge >= 0.3 is 0 Å². The first kappa shape index (κ1) is 11.9. The highest BCUT2D eigenvalue weighted by molar-refractivity contribution is 5.80. The monoisotopic (exact) mass is 242 g/mol. The maximum Gasteiger partial charge on any atom is 0.221 e. The average Bonchev–Trinajstić information content (AvgIpc) is 2.66. The molecule has 1 heterocycles. The standard InChI is InChI=1S/C13H11FN4/c1-3-10-5-4-6-11(12(10)14)7-16-18-8-9(2)17-13(18)15/h1,4-8H,2H3,(H2,15,17). The summed E-state index contributed by atoms with van der Waals surface area (Å²) in [6.07, 6.45) is 8.19. The molecule has 0 saturated carbocycles. The minimum atomic E-state index is -0.473. The van der Waals surface area contributed by atoms with Crippen molar-refractivity contribution in [3.8, 4) is 12.3 Å². The van der Waals surface area contributed by atoms with E-state index in [1.807, 2.05) is 0 Å². The second-order valence-corrected chi connectivity index (χ2v) is 3.68. The number of aryl methyl sites for hydroxylation is 1. The molecule has 5 heteroatoms. The molecule has 2 N–H and O–H groups in total. The Balaban J connectivity index is 2.35. The molecule has 0 bridgehead atoms. The Morgan fingerprint density at radius 3 is 2.94 bits per heavy atom. The summed E-state index contributed by atoms with van der Waals surface area (Å²) in [5.74, 6) is 2.04. The number of anilines is 1. The van der Waals surface area contributed by atoms with E-state index in [0.29, 0.717) is 5.56 Å². The quantitative estimate of drug-likeness (QED) is 0.644. The molecule has 2 rings (SSSR count). The highest BCUT2D eigenvalue weighted by Gasteiger charge is 2.04. The van der Waals surface area contributed by atoms with Crippen molar-refractivity contribution in [1.82, 2.24) is 9.66 Å². The van der Waals surface area contributed by atoms with Gasteiger partial charge in [0.15, 0.2) is 0 Å². The van der Waals surface area contributed by atoms with Crippen molar-refractivity contribution in [3.05, 3.63) is 47.0 Å². The van der Waals surface area contributed by atoms with Crippen molar-refractivity contribution in [2.24, 2.45) is 5.10 Å². The lowest BCUT2D eigenvalue weighted by molar-refractivity contribution is 0.622. The van der Waals surface area contributed by atoms with Gasteiger partial charge in [0.25, 0.3) is 0 Å². The number of terminal acetylenes is 1. The fourth-order valence-corrected chi connectivity index (χ4v) is 1.48. The molecule has 18 heavy (non-hydrogen) atoms. The van der Waals surface area contributed by atoms with Crippen molar-refractivity contribution in [1.29, 1.82) is 0 Å². The molecular weight excluding hydrogens is 231 g/mol. The van der Waals surface area contributed by atoms with Crippen molar-refractivity contribution in [2.45, 2.75) is 6.92 Å². The predicted octanol–water partition coefficient (Wildman–Crippen LogP) is 1.78. The summed E-state index contributed by atoms with van der Waals surface area (Å²) in [5, 5.41) is 4.03. The Labute approximate surface area is 104 Å². The molecular formula is C13H11FN4. The third-order valence-electron chi connectivity index (χ3n) is 2.34. The third kappa shape index (κ3) is 2.23. The van der Waals surface area contributed by atoms with Crippen LogP contribution in [0.2, 0.25) is 0 Å². The Kier molecular flexibility index (Phi) is 3.11. The lowest BCUT2D eigenvalue weighted by Crippen LogP contribution is -1.98. The number of rotatable bonds is 2. The number of benzene rings is 1. The molecule has 1 aromatic heterocycles. The van der Waals surface area contributed by atoms with Crippen LogP contribution < -0.4 is 5.73 Å². The van der Waals surface area contributed by atoms with Gasteiger partial charge in [-0.05, 0) is 13.0 Å². The number of imidazole rings is 1. The summed E-state index contributed by atoms with van der Waals surface area (Å²) in [6, 6.07) is 4.78. The first-order chi connectivity index (χ1) is 8.61. The lowest BCUT2D eigenvalue weighted by atomic mass is 10.1. The van der Waals surface area contributed by atoms with Gasteiger partial charge in [0.2, 0.25) is 5.95 Å². The summed E-state index contributed by atoms with van der Waals surface area (Å²) in [5.41, 5.74) is 6.85. The highest BCUT2D eigenvalue weighted by atomic mass is 19.1. The zero-order valence-corrected chi connectivity index (χ0v) is 9.76. The van der Waals surface area contributed by atoms with E-state index in [9.17, 15) is 4.39 Å². The maximum absolute atomic E-state index is 13.8. The molecule has 0 aliphatic rings. The first-order valence-electron chi connectivity index (χ1n) is 5.22. The molecule has 2 aromatic rings. The minimum Gasteiger partial charge on any atom is -0.368 e. The summed E-state index contributed by atoms with van der Waals surface area (Å²) in [7, 11) is 0. The zero-order chi connectivity index (χ0) is 13.1. The van der Waals surface area contributed by atoms with Crippen LogP contribution in [0.1, 0.15) is 16.8 Å². The summed E-state index contributed by atoms with van der Waals surface area (Å²) < 4.78 is 15.2. The van der Waals surface area contributed by atoms with Crippen molar-refractivity contribution in [3.63, 3.8) is 0 Å². The van der Waals surface area contributed by atoms with Crippen LogP contribution in [0.3, 0.4) is 0 Å². The van der Waals surface area contributed by atoms with E-state index in [0.717, 1.165) is 5.69 Å². The molecule has 0 radical (unpaired) electrons. The van der Waals surface area contributed by atoms with Gasteiger partial charge in [-0.2, -0.15) is 5.10 Å². The molecule has 1 aromatic carbocycles. The van der Waals surface area contributed by atoms with Gasteiger partial charge in [-0.15, -0.1) is 6.42 Å². The van der Waals surface area contributed by atoms with Crippen LogP contribution in [0, 0.1) is 25.1 Å². The molecule has 0 fully saturated rings. The number of aromatic nitrogens is 2. The molecule has 0 atom stereocenters. The summed E-state index contributed by atoms with van der Waals surface area (Å²) in [4.78, 5) is 3.98. The fraction of sp³-hybridized carbons (Fsp3) is 0.0769. The molecule has 0 aliphatic heterocycles. The Hall–Kier alpha value is -2.61. The van der Waals surface area contributed by atoms with Crippen LogP contribution in [-0.2, 0) is 0 Å². The predicted molar refractivity (Wildman–Crippen MR) is 68.7 cm³/mol. The van der Waals surface area contributed by atoms with E-state index in [-0.39, 0.29) is 11.5 Å². The first-order valence-corrected chi connectivity index (χ1v) is 5.22. The third-order valence-corrected chi connectivity index (χ3v) is 2.34. The van der Waals surface area contributed by atoms with Gasteiger partial charge in [-0.1, -0.05) is 18.1 Å². The van der Waals surface area contributed by atoms with Gasteiger partial charge in [0, 0.05) is 5.56 Å². The molecule has 0 amide bonds. The number of nitrogens with zero attached hydrogens (tertiary/aromatic N) is 3. The second-order valence-electron chi connectivity index (χ2n) is 3.68. The summed E-state index contributed by atoms with van der Waals surface area (Å²) in [6.45, 7) is 1.79. The number of nitrogen functional groups attached to an aromatic ring is 1. The zero-order valence-electron chi connectivity index (χ0n) is 9.76. The molecule has 90 valence electrons. The van der Waals surface area contributed by atoms with Crippen LogP contribution in [0.25, 0.3) is 0 Å².